The van der Waals surface area contributed by atoms with E-state index >= 15 is 0 Å². The van der Waals surface area contributed by atoms with Crippen LogP contribution in [0.15, 0.2) is 54.9 Å². The van der Waals surface area contributed by atoms with E-state index in [1.807, 2.05) is 5.32 Å². The molecule has 2 aromatic carbocycles. The Balaban J connectivity index is 1.84. The van der Waals surface area contributed by atoms with Crippen LogP contribution in [0.4, 0.5) is 37.7 Å². The molecule has 0 saturated carbocycles. The fraction of sp³-hybridized carbons (Fsp3) is 0.158. The van der Waals surface area contributed by atoms with Crippen LogP contribution >= 0.6 is 0 Å². The fourth-order valence-electron chi connectivity index (χ4n) is 2.76. The number of hydrogen-bond donors (Lipinski definition) is 1. The number of nitrogens with zero attached hydrogens (tertiary/aromatic N) is 3. The number of carbonyl (C=O) groups is 1. The van der Waals surface area contributed by atoms with E-state index in [1.54, 1.807) is 6.07 Å². The van der Waals surface area contributed by atoms with E-state index < -0.39 is 40.0 Å². The number of amides is 1. The van der Waals surface area contributed by atoms with E-state index in [0.29, 0.717) is 17.7 Å². The molecule has 0 aliphatic heterocycles. The first-order valence-corrected chi connectivity index (χ1v) is 8.69. The zero-order chi connectivity index (χ0) is 23.7. The summed E-state index contributed by atoms with van der Waals surface area (Å²) in [7, 11) is 0. The van der Waals surface area contributed by atoms with Gasteiger partial charge in [0.05, 0.1) is 22.6 Å². The van der Waals surface area contributed by atoms with E-state index in [-0.39, 0.29) is 23.9 Å². The number of rotatable bonds is 5. The summed E-state index contributed by atoms with van der Waals surface area (Å²) < 4.78 is 79.1. The zero-order valence-electron chi connectivity index (χ0n) is 15.7. The summed E-state index contributed by atoms with van der Waals surface area (Å²) in [5.41, 5.74) is -3.62. The number of hydrogen-bond acceptors (Lipinski definition) is 4. The van der Waals surface area contributed by atoms with Gasteiger partial charge in [-0.1, -0.05) is 12.1 Å². The second-order valence-corrected chi connectivity index (χ2v) is 6.60. The maximum absolute atomic E-state index is 13.0. The van der Waals surface area contributed by atoms with Crippen LogP contribution in [0.5, 0.6) is 0 Å². The second-order valence-electron chi connectivity index (χ2n) is 6.60. The molecule has 13 heteroatoms. The molecule has 0 atom stereocenters. The third-order valence-electron chi connectivity index (χ3n) is 4.21. The number of carbonyl (C=O) groups excluding carboxylic acids is 1. The Labute approximate surface area is 175 Å². The van der Waals surface area contributed by atoms with Crippen molar-refractivity contribution in [2.24, 2.45) is 0 Å². The van der Waals surface area contributed by atoms with Crippen LogP contribution in [-0.4, -0.2) is 20.6 Å². The van der Waals surface area contributed by atoms with Gasteiger partial charge in [-0.05, 0) is 35.9 Å². The van der Waals surface area contributed by atoms with Crippen LogP contribution in [0.2, 0.25) is 0 Å². The highest BCUT2D eigenvalue weighted by molar-refractivity contribution is 6.04. The quantitative estimate of drug-likeness (QED) is 0.326. The van der Waals surface area contributed by atoms with Gasteiger partial charge in [0, 0.05) is 11.3 Å². The van der Waals surface area contributed by atoms with E-state index in [2.05, 4.69) is 5.10 Å². The molecule has 0 unspecified atom stereocenters. The maximum atomic E-state index is 13.0. The summed E-state index contributed by atoms with van der Waals surface area (Å²) in [5.74, 6) is -0.939. The number of alkyl halides is 6. The molecule has 7 nitrogen and oxygen atoms in total. The number of nitro groups is 1. The Hall–Kier alpha value is -3.90. The van der Waals surface area contributed by atoms with Crippen LogP contribution in [0.25, 0.3) is 0 Å². The van der Waals surface area contributed by atoms with Crippen LogP contribution < -0.4 is 5.32 Å². The van der Waals surface area contributed by atoms with Gasteiger partial charge in [-0.2, -0.15) is 31.4 Å². The molecule has 0 spiro atoms. The lowest BCUT2D eigenvalue weighted by molar-refractivity contribution is -0.385. The van der Waals surface area contributed by atoms with Crippen molar-refractivity contribution in [3.63, 3.8) is 0 Å². The van der Waals surface area contributed by atoms with Crippen molar-refractivity contribution in [3.8, 4) is 0 Å². The largest absolute Gasteiger partial charge is 0.416 e. The fourth-order valence-corrected chi connectivity index (χ4v) is 2.76. The highest BCUT2D eigenvalue weighted by Crippen LogP contribution is 2.37. The van der Waals surface area contributed by atoms with Crippen LogP contribution in [0, 0.1) is 10.1 Å². The van der Waals surface area contributed by atoms with Gasteiger partial charge in [-0.25, -0.2) is 0 Å². The van der Waals surface area contributed by atoms with Gasteiger partial charge in [-0.3, -0.25) is 19.6 Å². The summed E-state index contributed by atoms with van der Waals surface area (Å²) in [6, 6.07) is 6.41. The van der Waals surface area contributed by atoms with Crippen LogP contribution in [0.3, 0.4) is 0 Å². The smallest absolute Gasteiger partial charge is 0.322 e. The molecule has 3 aromatic rings. The molecule has 0 aliphatic carbocycles. The molecular formula is C19H12F6N4O3. The van der Waals surface area contributed by atoms with Crippen molar-refractivity contribution in [1.29, 1.82) is 0 Å². The molecule has 168 valence electrons. The minimum absolute atomic E-state index is 0.0384. The van der Waals surface area contributed by atoms with E-state index in [1.165, 1.54) is 22.9 Å². The Morgan fingerprint density at radius 3 is 2.19 bits per heavy atom. The predicted molar refractivity (Wildman–Crippen MR) is 98.8 cm³/mol. The van der Waals surface area contributed by atoms with Crippen LogP contribution in [0.1, 0.15) is 27.0 Å². The molecule has 0 bridgehead atoms. The summed E-state index contributed by atoms with van der Waals surface area (Å²) in [4.78, 5) is 22.5. The molecule has 1 N–H and O–H groups in total. The van der Waals surface area contributed by atoms with E-state index in [4.69, 9.17) is 0 Å². The third kappa shape index (κ3) is 5.42. The molecule has 32 heavy (non-hydrogen) atoms. The second kappa shape index (κ2) is 8.32. The molecule has 1 amide bonds. The summed E-state index contributed by atoms with van der Waals surface area (Å²) in [5, 5.41) is 16.6. The Morgan fingerprint density at radius 2 is 1.66 bits per heavy atom. The summed E-state index contributed by atoms with van der Waals surface area (Å²) >= 11 is 0. The normalized spacial score (nSPS) is 11.9. The first kappa shape index (κ1) is 22.8. The lowest BCUT2D eigenvalue weighted by Gasteiger charge is -2.15. The van der Waals surface area contributed by atoms with Crippen molar-refractivity contribution in [2.75, 3.05) is 5.32 Å². The van der Waals surface area contributed by atoms with Gasteiger partial charge in [0.1, 0.15) is 12.4 Å². The van der Waals surface area contributed by atoms with Gasteiger partial charge >= 0.3 is 18.0 Å². The van der Waals surface area contributed by atoms with Gasteiger partial charge in [0.25, 0.3) is 5.91 Å². The highest BCUT2D eigenvalue weighted by atomic mass is 19.4. The number of halogens is 6. The molecule has 0 saturated heterocycles. The van der Waals surface area contributed by atoms with Crippen LogP contribution in [-0.2, 0) is 18.9 Å². The number of anilines is 1. The Bertz CT molecular complexity index is 1140. The monoisotopic (exact) mass is 458 g/mol. The zero-order valence-corrected chi connectivity index (χ0v) is 15.7. The van der Waals surface area contributed by atoms with Gasteiger partial charge in [-0.15, -0.1) is 0 Å². The summed E-state index contributed by atoms with van der Waals surface area (Å²) in [6.45, 7) is 0.0384. The standard InChI is InChI=1S/C19H12F6N4O3/c20-18(21,22)13-5-14(19(23,24)25)7-15(6-13)27-17(30)12-3-1-2-11(4-12)9-28-10-16(8-26-28)29(31)32/h1-8,10H,9H2,(H,27,30). The minimum Gasteiger partial charge on any atom is -0.322 e. The third-order valence-corrected chi connectivity index (χ3v) is 4.21. The summed E-state index contributed by atoms with van der Waals surface area (Å²) in [6.07, 6.45) is -7.91. The predicted octanol–water partition coefficient (Wildman–Crippen LogP) is 5.13. The first-order valence-electron chi connectivity index (χ1n) is 8.69. The van der Waals surface area contributed by atoms with Gasteiger partial charge in [0.2, 0.25) is 0 Å². The molecule has 0 radical (unpaired) electrons. The van der Waals surface area contributed by atoms with Crippen molar-refractivity contribution < 1.29 is 36.1 Å². The number of benzene rings is 2. The van der Waals surface area contributed by atoms with Crippen molar-refractivity contribution in [3.05, 3.63) is 87.2 Å². The molecular weight excluding hydrogens is 446 g/mol. The Kier molecular flexibility index (Phi) is 5.92. The maximum Gasteiger partial charge on any atom is 0.416 e. The lowest BCUT2D eigenvalue weighted by atomic mass is 10.1. The van der Waals surface area contributed by atoms with E-state index in [0.717, 1.165) is 12.4 Å². The SMILES string of the molecule is O=C(Nc1cc(C(F)(F)F)cc(C(F)(F)F)c1)c1cccc(Cn2cc([N+](=O)[O-])cn2)c1. The van der Waals surface area contributed by atoms with Gasteiger partial charge < -0.3 is 5.32 Å². The molecule has 1 heterocycles. The first-order chi connectivity index (χ1) is 14.8. The number of nitrogens with one attached hydrogen (secondary N) is 1. The van der Waals surface area contributed by atoms with Crippen molar-refractivity contribution >= 4 is 17.3 Å². The topological polar surface area (TPSA) is 90.1 Å². The van der Waals surface area contributed by atoms with Crippen molar-refractivity contribution in [2.45, 2.75) is 18.9 Å². The average molecular weight is 458 g/mol. The molecule has 1 aromatic heterocycles. The highest BCUT2D eigenvalue weighted by Gasteiger charge is 2.37. The molecule has 3 rings (SSSR count). The number of aromatic nitrogens is 2. The Morgan fingerprint density at radius 1 is 1.03 bits per heavy atom. The van der Waals surface area contributed by atoms with Gasteiger partial charge in [0.15, 0.2) is 0 Å². The van der Waals surface area contributed by atoms with Crippen molar-refractivity contribution in [1.82, 2.24) is 9.78 Å². The lowest BCUT2D eigenvalue weighted by Crippen LogP contribution is -2.16. The van der Waals surface area contributed by atoms with E-state index in [9.17, 15) is 41.3 Å². The molecule has 0 fully saturated rings. The minimum atomic E-state index is -5.05. The average Bonchev–Trinajstić information content (AvgIpc) is 3.15. The molecule has 0 aliphatic rings.